The van der Waals surface area contributed by atoms with Gasteiger partial charge in [-0.05, 0) is 17.7 Å². The van der Waals surface area contributed by atoms with Crippen molar-refractivity contribution in [3.63, 3.8) is 0 Å². The summed E-state index contributed by atoms with van der Waals surface area (Å²) < 4.78 is 0. The van der Waals surface area contributed by atoms with Gasteiger partial charge in [0.2, 0.25) is 0 Å². The first kappa shape index (κ1) is 15.6. The van der Waals surface area contributed by atoms with E-state index in [1.807, 2.05) is 0 Å². The first-order valence-electron chi connectivity index (χ1n) is 9.48. The number of benzene rings is 2. The Morgan fingerprint density at radius 1 is 0.846 bits per heavy atom. The van der Waals surface area contributed by atoms with Crippen LogP contribution in [0.2, 0.25) is 0 Å². The van der Waals surface area contributed by atoms with Gasteiger partial charge in [-0.3, -0.25) is 4.90 Å². The normalized spacial score (nSPS) is 22.5. The van der Waals surface area contributed by atoms with Crippen molar-refractivity contribution in [1.82, 2.24) is 9.80 Å². The highest BCUT2D eigenvalue weighted by molar-refractivity contribution is 5.82. The predicted octanol–water partition coefficient (Wildman–Crippen LogP) is 3.34. The van der Waals surface area contributed by atoms with Crippen molar-refractivity contribution in [1.29, 1.82) is 0 Å². The molecule has 0 aromatic heterocycles. The molecule has 132 valence electrons. The number of fused-ring (bicyclic) bond motifs is 2. The number of para-hydroxylation sites is 1. The molecule has 2 aromatic rings. The van der Waals surface area contributed by atoms with Gasteiger partial charge in [0.1, 0.15) is 0 Å². The maximum absolute atomic E-state index is 4.92. The highest BCUT2D eigenvalue weighted by Crippen LogP contribution is 2.33. The molecule has 0 N–H and O–H groups in total. The molecule has 0 amide bonds. The van der Waals surface area contributed by atoms with Gasteiger partial charge in [0, 0.05) is 62.3 Å². The van der Waals surface area contributed by atoms with E-state index in [4.69, 9.17) is 4.99 Å². The molecule has 0 radical (unpaired) electrons. The predicted molar refractivity (Wildman–Crippen MR) is 106 cm³/mol. The summed E-state index contributed by atoms with van der Waals surface area (Å²) in [5, 5.41) is 0. The number of anilines is 1. The van der Waals surface area contributed by atoms with Crippen molar-refractivity contribution in [3.8, 4) is 0 Å². The molecule has 0 spiro atoms. The third-order valence-corrected chi connectivity index (χ3v) is 5.62. The van der Waals surface area contributed by atoms with Crippen molar-refractivity contribution in [2.45, 2.75) is 19.3 Å². The first-order valence-corrected chi connectivity index (χ1v) is 9.48. The van der Waals surface area contributed by atoms with Crippen LogP contribution in [0.15, 0.2) is 76.9 Å². The molecule has 3 aliphatic heterocycles. The van der Waals surface area contributed by atoms with E-state index in [9.17, 15) is 0 Å². The maximum Gasteiger partial charge on any atom is 0.198 e. The zero-order chi connectivity index (χ0) is 17.3. The van der Waals surface area contributed by atoms with Crippen LogP contribution < -0.4 is 4.90 Å². The molecule has 2 aromatic carbocycles. The Morgan fingerprint density at radius 2 is 1.58 bits per heavy atom. The van der Waals surface area contributed by atoms with Gasteiger partial charge in [0.25, 0.3) is 0 Å². The van der Waals surface area contributed by atoms with E-state index in [1.54, 1.807) is 0 Å². The fourth-order valence-electron chi connectivity index (χ4n) is 4.34. The average molecular weight is 344 g/mol. The van der Waals surface area contributed by atoms with Gasteiger partial charge < -0.3 is 9.80 Å². The van der Waals surface area contributed by atoms with E-state index in [2.05, 4.69) is 81.6 Å². The molecule has 0 saturated carbocycles. The average Bonchev–Trinajstić information content (AvgIpc) is 3.14. The van der Waals surface area contributed by atoms with Gasteiger partial charge in [-0.15, -0.1) is 0 Å². The molecular formula is C22H24N4. The van der Waals surface area contributed by atoms with Gasteiger partial charge in [-0.2, -0.15) is 0 Å². The van der Waals surface area contributed by atoms with Crippen LogP contribution in [-0.2, 0) is 6.54 Å². The second-order valence-electron chi connectivity index (χ2n) is 7.27. The molecule has 3 aliphatic rings. The Labute approximate surface area is 155 Å². The monoisotopic (exact) mass is 344 g/mol. The Balaban J connectivity index is 1.32. The van der Waals surface area contributed by atoms with Gasteiger partial charge in [0.05, 0.1) is 0 Å². The molecule has 4 nitrogen and oxygen atoms in total. The SMILES string of the molecule is C1=NC2N(CCN2c2ccccc2)C2=C1CN(Cc1ccccc1)CC2. The summed E-state index contributed by atoms with van der Waals surface area (Å²) in [6, 6.07) is 21.4. The lowest BCUT2D eigenvalue weighted by atomic mass is 10.0. The van der Waals surface area contributed by atoms with E-state index in [1.165, 1.54) is 22.5 Å². The Bertz CT molecular complexity index is 828. The summed E-state index contributed by atoms with van der Waals surface area (Å²) in [6.45, 7) is 5.24. The van der Waals surface area contributed by atoms with Crippen molar-refractivity contribution < 1.29 is 0 Å². The van der Waals surface area contributed by atoms with Crippen molar-refractivity contribution >= 4 is 11.9 Å². The van der Waals surface area contributed by atoms with E-state index >= 15 is 0 Å². The summed E-state index contributed by atoms with van der Waals surface area (Å²) in [4.78, 5) is 12.4. The van der Waals surface area contributed by atoms with E-state index in [0.717, 1.165) is 39.1 Å². The molecule has 1 fully saturated rings. The van der Waals surface area contributed by atoms with Crippen LogP contribution in [0.3, 0.4) is 0 Å². The fourth-order valence-corrected chi connectivity index (χ4v) is 4.34. The zero-order valence-corrected chi connectivity index (χ0v) is 15.0. The van der Waals surface area contributed by atoms with Crippen LogP contribution in [0, 0.1) is 0 Å². The molecule has 0 aliphatic carbocycles. The fraction of sp³-hybridized carbons (Fsp3) is 0.318. The smallest absolute Gasteiger partial charge is 0.198 e. The number of hydrogen-bond donors (Lipinski definition) is 0. The number of rotatable bonds is 3. The lowest BCUT2D eigenvalue weighted by Crippen LogP contribution is -2.44. The zero-order valence-electron chi connectivity index (χ0n) is 15.0. The number of nitrogens with zero attached hydrogens (tertiary/aromatic N) is 4. The second kappa shape index (κ2) is 6.61. The maximum atomic E-state index is 4.92. The molecule has 3 heterocycles. The van der Waals surface area contributed by atoms with Crippen molar-refractivity contribution in [2.75, 3.05) is 31.1 Å². The van der Waals surface area contributed by atoms with Gasteiger partial charge in [0.15, 0.2) is 6.29 Å². The van der Waals surface area contributed by atoms with Crippen LogP contribution in [-0.4, -0.2) is 48.5 Å². The van der Waals surface area contributed by atoms with Crippen LogP contribution in [0.5, 0.6) is 0 Å². The lowest BCUT2D eigenvalue weighted by molar-refractivity contribution is 0.234. The molecule has 1 atom stereocenters. The summed E-state index contributed by atoms with van der Waals surface area (Å²) in [5.41, 5.74) is 5.56. The van der Waals surface area contributed by atoms with Crippen LogP contribution in [0.25, 0.3) is 0 Å². The number of aliphatic imine (C=N–C) groups is 1. The van der Waals surface area contributed by atoms with E-state index < -0.39 is 0 Å². The molecule has 4 heteroatoms. The van der Waals surface area contributed by atoms with Gasteiger partial charge >= 0.3 is 0 Å². The minimum absolute atomic E-state index is 0.136. The third-order valence-electron chi connectivity index (χ3n) is 5.62. The third kappa shape index (κ3) is 2.80. The Morgan fingerprint density at radius 3 is 2.38 bits per heavy atom. The molecule has 5 rings (SSSR count). The second-order valence-corrected chi connectivity index (χ2v) is 7.27. The summed E-state index contributed by atoms with van der Waals surface area (Å²) >= 11 is 0. The van der Waals surface area contributed by atoms with Crippen LogP contribution in [0.4, 0.5) is 5.69 Å². The molecule has 1 saturated heterocycles. The Kier molecular flexibility index (Phi) is 3.98. The first-order chi connectivity index (χ1) is 12.9. The summed E-state index contributed by atoms with van der Waals surface area (Å²) in [6.07, 6.45) is 3.39. The molecular weight excluding hydrogens is 320 g/mol. The highest BCUT2D eigenvalue weighted by atomic mass is 15.5. The van der Waals surface area contributed by atoms with Crippen LogP contribution in [0.1, 0.15) is 12.0 Å². The van der Waals surface area contributed by atoms with Crippen molar-refractivity contribution in [3.05, 3.63) is 77.5 Å². The number of hydrogen-bond acceptors (Lipinski definition) is 4. The summed E-state index contributed by atoms with van der Waals surface area (Å²) in [5.74, 6) is 0. The van der Waals surface area contributed by atoms with Crippen LogP contribution >= 0.6 is 0 Å². The topological polar surface area (TPSA) is 22.1 Å². The minimum Gasteiger partial charge on any atom is -0.334 e. The largest absolute Gasteiger partial charge is 0.334 e. The quantitative estimate of drug-likeness (QED) is 0.853. The van der Waals surface area contributed by atoms with Gasteiger partial charge in [-0.25, -0.2) is 4.99 Å². The van der Waals surface area contributed by atoms with Gasteiger partial charge in [-0.1, -0.05) is 48.5 Å². The lowest BCUT2D eigenvalue weighted by Gasteiger charge is -2.39. The molecule has 1 unspecified atom stereocenters. The molecule has 0 bridgehead atoms. The summed E-state index contributed by atoms with van der Waals surface area (Å²) in [7, 11) is 0. The standard InChI is InChI=1S/C22H24N4/c1-3-7-18(8-4-1)16-24-12-11-21-19(17-24)15-23-22-25(13-14-26(21)22)20-9-5-2-6-10-20/h1-10,15,22H,11-14,16-17H2. The van der Waals surface area contributed by atoms with Crippen molar-refractivity contribution in [2.24, 2.45) is 4.99 Å². The van der Waals surface area contributed by atoms with E-state index in [0.29, 0.717) is 0 Å². The van der Waals surface area contributed by atoms with E-state index in [-0.39, 0.29) is 6.29 Å². The highest BCUT2D eigenvalue weighted by Gasteiger charge is 2.37. The minimum atomic E-state index is 0.136. The molecule has 26 heavy (non-hydrogen) atoms. The Hall–Kier alpha value is -2.59.